The van der Waals surface area contributed by atoms with Gasteiger partial charge in [0.25, 0.3) is 5.91 Å². The van der Waals surface area contributed by atoms with E-state index in [1.54, 1.807) is 25.6 Å². The van der Waals surface area contributed by atoms with E-state index in [0.29, 0.717) is 32.8 Å². The molecule has 0 spiro atoms. The number of aromatic nitrogens is 5. The van der Waals surface area contributed by atoms with E-state index in [2.05, 4.69) is 41.1 Å². The number of hydrogen-bond acceptors (Lipinski definition) is 7. The number of carbonyl (C=O) groups excluding carboxylic acids is 1. The Morgan fingerprint density at radius 3 is 2.77 bits per heavy atom. The van der Waals surface area contributed by atoms with Gasteiger partial charge < -0.3 is 10.5 Å². The molecule has 3 aromatic heterocycles. The van der Waals surface area contributed by atoms with Gasteiger partial charge in [-0.1, -0.05) is 11.6 Å². The highest BCUT2D eigenvalue weighted by molar-refractivity contribution is 9.10. The Bertz CT molecular complexity index is 1210. The average molecular weight is 491 g/mol. The fourth-order valence-electron chi connectivity index (χ4n) is 3.40. The molecule has 11 heteroatoms. The molecule has 30 heavy (non-hydrogen) atoms. The van der Waals surface area contributed by atoms with Crippen LogP contribution in [0.2, 0.25) is 5.15 Å². The van der Waals surface area contributed by atoms with Crippen molar-refractivity contribution in [3.8, 4) is 5.75 Å². The molecule has 0 aliphatic carbocycles. The number of H-pyrrole nitrogens is 1. The highest BCUT2D eigenvalue weighted by atomic mass is 79.9. The molecule has 0 radical (unpaired) electrons. The molecule has 0 aromatic carbocycles. The Hall–Kier alpha value is -2.98. The zero-order valence-corrected chi connectivity index (χ0v) is 18.7. The van der Waals surface area contributed by atoms with Crippen LogP contribution in [0.1, 0.15) is 28.1 Å². The highest BCUT2D eigenvalue weighted by Crippen LogP contribution is 2.42. The van der Waals surface area contributed by atoms with Gasteiger partial charge in [-0.15, -0.1) is 0 Å². The number of methoxy groups -OCH3 is 1. The maximum absolute atomic E-state index is 13.4. The number of rotatable bonds is 4. The van der Waals surface area contributed by atoms with Crippen LogP contribution in [-0.2, 0) is 11.3 Å². The zero-order valence-electron chi connectivity index (χ0n) is 16.3. The summed E-state index contributed by atoms with van der Waals surface area (Å²) in [6.07, 6.45) is 4.96. The monoisotopic (exact) mass is 489 g/mol. The number of amides is 1. The van der Waals surface area contributed by atoms with Crippen molar-refractivity contribution in [1.29, 1.82) is 0 Å². The van der Waals surface area contributed by atoms with E-state index >= 15 is 0 Å². The molecule has 1 amide bonds. The van der Waals surface area contributed by atoms with Gasteiger partial charge in [0, 0.05) is 17.3 Å². The quantitative estimate of drug-likeness (QED) is 0.425. The van der Waals surface area contributed by atoms with Crippen molar-refractivity contribution in [2.24, 2.45) is 0 Å². The van der Waals surface area contributed by atoms with Gasteiger partial charge >= 0.3 is 0 Å². The second-order valence-electron chi connectivity index (χ2n) is 6.70. The number of fused-ring (bicyclic) bond motifs is 1. The standard InChI is InChI=1S/C19H17BrClN7O2/c1-8-5-23-13(9(2)15(8)30-3)7-28-17-14(16(21)25-19(22)26-17)10(18(28)29)4-12-11(20)6-24-27-12/h4-6H,7H2,1-3H3,(H,24,27)(H2,22,25,26)/b10-4-. The largest absolute Gasteiger partial charge is 0.496 e. The SMILES string of the molecule is COc1c(C)cnc(CN2C(=O)/C(=C\c3[nH]ncc3Br)c3c(Cl)nc(N)nc32)c1C. The molecule has 154 valence electrons. The average Bonchev–Trinajstić information content (AvgIpc) is 3.20. The number of ether oxygens (including phenoxy) is 1. The maximum atomic E-state index is 13.4. The van der Waals surface area contributed by atoms with Crippen LogP contribution in [0.25, 0.3) is 11.6 Å². The van der Waals surface area contributed by atoms with Crippen molar-refractivity contribution in [1.82, 2.24) is 25.1 Å². The van der Waals surface area contributed by atoms with Gasteiger partial charge in [0.15, 0.2) is 5.82 Å². The van der Waals surface area contributed by atoms with Crippen molar-refractivity contribution >= 4 is 56.9 Å². The molecular weight excluding hydrogens is 474 g/mol. The minimum absolute atomic E-state index is 0.0216. The van der Waals surface area contributed by atoms with Crippen molar-refractivity contribution in [2.45, 2.75) is 20.4 Å². The maximum Gasteiger partial charge on any atom is 0.260 e. The lowest BCUT2D eigenvalue weighted by Gasteiger charge is -2.19. The molecule has 0 unspecified atom stereocenters. The van der Waals surface area contributed by atoms with Crippen LogP contribution >= 0.6 is 27.5 Å². The molecule has 0 bridgehead atoms. The third kappa shape index (κ3) is 3.31. The van der Waals surface area contributed by atoms with Gasteiger partial charge in [-0.2, -0.15) is 10.1 Å². The summed E-state index contributed by atoms with van der Waals surface area (Å²) in [7, 11) is 1.60. The lowest BCUT2D eigenvalue weighted by Crippen LogP contribution is -2.27. The molecule has 3 N–H and O–H groups in total. The Morgan fingerprint density at radius 2 is 2.10 bits per heavy atom. The van der Waals surface area contributed by atoms with Crippen LogP contribution in [0.5, 0.6) is 5.75 Å². The first-order chi connectivity index (χ1) is 14.3. The van der Waals surface area contributed by atoms with E-state index < -0.39 is 0 Å². The summed E-state index contributed by atoms with van der Waals surface area (Å²) in [5.41, 5.74) is 9.59. The molecule has 4 rings (SSSR count). The number of nitrogens with one attached hydrogen (secondary N) is 1. The number of pyridine rings is 1. The number of aryl methyl sites for hydroxylation is 1. The van der Waals surface area contributed by atoms with E-state index in [1.807, 2.05) is 13.8 Å². The number of nitrogens with two attached hydrogens (primary N) is 1. The summed E-state index contributed by atoms with van der Waals surface area (Å²) >= 11 is 9.75. The number of aromatic amines is 1. The Balaban J connectivity index is 1.84. The molecule has 1 aliphatic rings. The van der Waals surface area contributed by atoms with Crippen molar-refractivity contribution in [3.05, 3.63) is 50.1 Å². The smallest absolute Gasteiger partial charge is 0.260 e. The Labute approximate surface area is 185 Å². The predicted octanol–water partition coefficient (Wildman–Crippen LogP) is 3.31. The van der Waals surface area contributed by atoms with E-state index in [1.165, 1.54) is 4.90 Å². The molecule has 3 aromatic rings. The van der Waals surface area contributed by atoms with Gasteiger partial charge in [-0.05, 0) is 35.9 Å². The number of nitrogens with zero attached hydrogens (tertiary/aromatic N) is 5. The van der Waals surface area contributed by atoms with Crippen molar-refractivity contribution in [3.63, 3.8) is 0 Å². The van der Waals surface area contributed by atoms with Crippen LogP contribution in [0.4, 0.5) is 11.8 Å². The van der Waals surface area contributed by atoms with Gasteiger partial charge in [0.1, 0.15) is 10.9 Å². The Kier molecular flexibility index (Phi) is 5.20. The molecule has 0 fully saturated rings. The molecule has 0 saturated heterocycles. The Morgan fingerprint density at radius 1 is 1.33 bits per heavy atom. The normalized spacial score (nSPS) is 14.5. The summed E-state index contributed by atoms with van der Waals surface area (Å²) in [5, 5.41) is 6.88. The lowest BCUT2D eigenvalue weighted by molar-refractivity contribution is -0.113. The first kappa shape index (κ1) is 20.3. The van der Waals surface area contributed by atoms with Crippen molar-refractivity contribution in [2.75, 3.05) is 17.7 Å². The number of hydrogen-bond donors (Lipinski definition) is 2. The lowest BCUT2D eigenvalue weighted by atomic mass is 10.1. The molecule has 0 atom stereocenters. The van der Waals surface area contributed by atoms with Gasteiger partial charge in [-0.25, -0.2) is 4.98 Å². The zero-order chi connectivity index (χ0) is 21.6. The number of carbonyl (C=O) groups is 1. The third-order valence-electron chi connectivity index (χ3n) is 4.83. The first-order valence-corrected chi connectivity index (χ1v) is 10.0. The van der Waals surface area contributed by atoms with E-state index in [0.717, 1.165) is 16.9 Å². The van der Waals surface area contributed by atoms with Crippen LogP contribution in [0.15, 0.2) is 16.9 Å². The number of nitrogen functional groups attached to an aromatic ring is 1. The van der Waals surface area contributed by atoms with Crippen LogP contribution < -0.4 is 15.4 Å². The second kappa shape index (κ2) is 7.69. The van der Waals surface area contributed by atoms with Crippen LogP contribution in [0, 0.1) is 13.8 Å². The fourth-order valence-corrected chi connectivity index (χ4v) is 3.98. The second-order valence-corrected chi connectivity index (χ2v) is 7.91. The predicted molar refractivity (Wildman–Crippen MR) is 117 cm³/mol. The molecule has 9 nitrogen and oxygen atoms in total. The topological polar surface area (TPSA) is 123 Å². The fraction of sp³-hybridized carbons (Fsp3) is 0.211. The molecule has 4 heterocycles. The summed E-state index contributed by atoms with van der Waals surface area (Å²) in [4.78, 5) is 27.7. The minimum Gasteiger partial charge on any atom is -0.496 e. The minimum atomic E-state index is -0.297. The van der Waals surface area contributed by atoms with E-state index in [-0.39, 0.29) is 23.6 Å². The molecule has 0 saturated carbocycles. The number of halogens is 2. The van der Waals surface area contributed by atoms with Gasteiger partial charge in [-0.3, -0.25) is 19.8 Å². The van der Waals surface area contributed by atoms with Crippen molar-refractivity contribution < 1.29 is 9.53 Å². The van der Waals surface area contributed by atoms with Gasteiger partial charge in [0.05, 0.1) is 46.8 Å². The molecular formula is C19H17BrClN7O2. The first-order valence-electron chi connectivity index (χ1n) is 8.86. The summed E-state index contributed by atoms with van der Waals surface area (Å²) < 4.78 is 6.19. The van der Waals surface area contributed by atoms with E-state index in [9.17, 15) is 4.79 Å². The highest BCUT2D eigenvalue weighted by Gasteiger charge is 2.37. The van der Waals surface area contributed by atoms with Crippen LogP contribution in [-0.4, -0.2) is 38.2 Å². The van der Waals surface area contributed by atoms with Crippen LogP contribution in [0.3, 0.4) is 0 Å². The number of anilines is 2. The van der Waals surface area contributed by atoms with E-state index in [4.69, 9.17) is 22.1 Å². The van der Waals surface area contributed by atoms with Gasteiger partial charge in [0.2, 0.25) is 5.95 Å². The summed E-state index contributed by atoms with van der Waals surface area (Å²) in [6.45, 7) is 3.98. The third-order valence-corrected chi connectivity index (χ3v) is 5.74. The molecule has 1 aliphatic heterocycles. The summed E-state index contributed by atoms with van der Waals surface area (Å²) in [5.74, 6) is 0.741. The summed E-state index contributed by atoms with van der Waals surface area (Å²) in [6, 6.07) is 0.